The van der Waals surface area contributed by atoms with Crippen LogP contribution in [0, 0.1) is 10.1 Å². The molecule has 0 bridgehead atoms. The number of thiazole rings is 1. The molecule has 128 valence electrons. The highest BCUT2D eigenvalue weighted by Gasteiger charge is 2.11. The van der Waals surface area contributed by atoms with Gasteiger partial charge in [0.25, 0.3) is 11.6 Å². The van der Waals surface area contributed by atoms with Crippen molar-refractivity contribution in [3.63, 3.8) is 0 Å². The van der Waals surface area contributed by atoms with Crippen LogP contribution >= 0.6 is 23.1 Å². The maximum Gasteiger partial charge on any atom is 0.279 e. The van der Waals surface area contributed by atoms with Crippen molar-refractivity contribution < 1.29 is 9.72 Å². The number of thioether (sulfide) groups is 1. The van der Waals surface area contributed by atoms with Crippen molar-refractivity contribution in [1.82, 2.24) is 4.57 Å². The topological polar surface area (TPSA) is 77.5 Å². The van der Waals surface area contributed by atoms with Crippen LogP contribution in [-0.2, 0) is 7.05 Å². The van der Waals surface area contributed by atoms with E-state index in [2.05, 4.69) is 11.9 Å². The van der Waals surface area contributed by atoms with Gasteiger partial charge in [0.1, 0.15) is 0 Å². The highest BCUT2D eigenvalue weighted by atomic mass is 32.2. The van der Waals surface area contributed by atoms with Gasteiger partial charge in [-0.3, -0.25) is 14.9 Å². The van der Waals surface area contributed by atoms with Crippen molar-refractivity contribution >= 4 is 44.9 Å². The largest absolute Gasteiger partial charge is 0.319 e. The molecule has 1 amide bonds. The quantitative estimate of drug-likeness (QED) is 0.393. The van der Waals surface area contributed by atoms with Gasteiger partial charge in [0.15, 0.2) is 4.80 Å². The van der Waals surface area contributed by atoms with E-state index < -0.39 is 4.92 Å². The van der Waals surface area contributed by atoms with Crippen LogP contribution in [0.1, 0.15) is 17.3 Å². The number of non-ortho nitro benzene ring substituents is 1. The number of aromatic nitrogens is 1. The summed E-state index contributed by atoms with van der Waals surface area (Å²) in [4.78, 5) is 28.7. The second-order valence-corrected chi connectivity index (χ2v) is 7.58. The number of rotatable bonds is 4. The fourth-order valence-corrected chi connectivity index (χ4v) is 4.09. The zero-order valence-electron chi connectivity index (χ0n) is 13.6. The maximum atomic E-state index is 12.5. The minimum Gasteiger partial charge on any atom is -0.319 e. The van der Waals surface area contributed by atoms with Crippen LogP contribution in [0.2, 0.25) is 0 Å². The molecule has 0 aliphatic rings. The van der Waals surface area contributed by atoms with E-state index in [9.17, 15) is 14.9 Å². The lowest BCUT2D eigenvalue weighted by molar-refractivity contribution is -0.384. The van der Waals surface area contributed by atoms with Crippen molar-refractivity contribution in [2.75, 3.05) is 5.75 Å². The fraction of sp³-hybridized carbons (Fsp3) is 0.176. The molecule has 3 aromatic rings. The third-order valence-corrected chi connectivity index (χ3v) is 5.58. The Morgan fingerprint density at radius 2 is 2.12 bits per heavy atom. The SMILES string of the molecule is CCSc1cccc(C(=O)N=c2sc3ccc([N+](=O)[O-])cc3n2C)c1. The Bertz CT molecular complexity index is 1040. The number of hydrogen-bond donors (Lipinski definition) is 0. The summed E-state index contributed by atoms with van der Waals surface area (Å²) in [5, 5.41) is 10.9. The molecule has 0 aliphatic heterocycles. The highest BCUT2D eigenvalue weighted by Crippen LogP contribution is 2.23. The first-order chi connectivity index (χ1) is 12.0. The molecule has 0 N–H and O–H groups in total. The first kappa shape index (κ1) is 17.4. The number of aryl methyl sites for hydroxylation is 1. The average molecular weight is 373 g/mol. The van der Waals surface area contributed by atoms with Crippen molar-refractivity contribution in [2.24, 2.45) is 12.0 Å². The monoisotopic (exact) mass is 373 g/mol. The van der Waals surface area contributed by atoms with E-state index in [0.717, 1.165) is 15.3 Å². The Morgan fingerprint density at radius 1 is 1.32 bits per heavy atom. The van der Waals surface area contributed by atoms with Gasteiger partial charge < -0.3 is 4.57 Å². The van der Waals surface area contributed by atoms with Gasteiger partial charge in [-0.15, -0.1) is 11.8 Å². The predicted molar refractivity (Wildman–Crippen MR) is 100 cm³/mol. The molecule has 25 heavy (non-hydrogen) atoms. The van der Waals surface area contributed by atoms with Crippen molar-refractivity contribution in [3.8, 4) is 0 Å². The van der Waals surface area contributed by atoms with E-state index in [-0.39, 0.29) is 11.6 Å². The molecule has 2 aromatic carbocycles. The highest BCUT2D eigenvalue weighted by molar-refractivity contribution is 7.99. The van der Waals surface area contributed by atoms with E-state index in [1.807, 2.05) is 18.2 Å². The number of amides is 1. The van der Waals surface area contributed by atoms with Crippen LogP contribution in [0.25, 0.3) is 10.2 Å². The number of carbonyl (C=O) groups excluding carboxylic acids is 1. The van der Waals surface area contributed by atoms with Gasteiger partial charge in [0, 0.05) is 29.6 Å². The standard InChI is InChI=1S/C17H15N3O3S2/c1-3-24-13-6-4-5-11(9-13)16(21)18-17-19(2)14-10-12(20(22)23)7-8-15(14)25-17/h4-10H,3H2,1-2H3. The first-order valence-corrected chi connectivity index (χ1v) is 9.35. The lowest BCUT2D eigenvalue weighted by Gasteiger charge is -2.00. The van der Waals surface area contributed by atoms with Crippen LogP contribution in [0.4, 0.5) is 5.69 Å². The number of carbonyl (C=O) groups is 1. The zero-order valence-corrected chi connectivity index (χ0v) is 15.3. The van der Waals surface area contributed by atoms with E-state index in [4.69, 9.17) is 0 Å². The molecule has 6 nitrogen and oxygen atoms in total. The molecule has 0 unspecified atom stereocenters. The molecule has 0 aliphatic carbocycles. The summed E-state index contributed by atoms with van der Waals surface area (Å²) in [6.07, 6.45) is 0. The molecule has 0 atom stereocenters. The van der Waals surface area contributed by atoms with Crippen LogP contribution in [0.3, 0.4) is 0 Å². The van der Waals surface area contributed by atoms with Crippen molar-refractivity contribution in [2.45, 2.75) is 11.8 Å². The normalized spacial score (nSPS) is 11.8. The number of nitro groups is 1. The Labute approximate surface area is 152 Å². The summed E-state index contributed by atoms with van der Waals surface area (Å²) in [5.74, 6) is 0.606. The summed E-state index contributed by atoms with van der Waals surface area (Å²) >= 11 is 2.99. The minimum absolute atomic E-state index is 0.0167. The molecule has 0 saturated heterocycles. The van der Waals surface area contributed by atoms with Gasteiger partial charge in [-0.2, -0.15) is 4.99 Å². The molecule has 3 rings (SSSR count). The summed E-state index contributed by atoms with van der Waals surface area (Å²) in [7, 11) is 1.75. The second kappa shape index (κ2) is 7.20. The summed E-state index contributed by atoms with van der Waals surface area (Å²) in [6.45, 7) is 2.06. The van der Waals surface area contributed by atoms with E-state index in [1.54, 1.807) is 35.5 Å². The molecular formula is C17H15N3O3S2. The van der Waals surface area contributed by atoms with Gasteiger partial charge in [0.05, 0.1) is 15.1 Å². The lowest BCUT2D eigenvalue weighted by Crippen LogP contribution is -2.13. The summed E-state index contributed by atoms with van der Waals surface area (Å²) in [6, 6.07) is 12.0. The second-order valence-electron chi connectivity index (χ2n) is 5.23. The Morgan fingerprint density at radius 3 is 2.84 bits per heavy atom. The number of hydrogen-bond acceptors (Lipinski definition) is 5. The smallest absolute Gasteiger partial charge is 0.279 e. The molecular weight excluding hydrogens is 358 g/mol. The van der Waals surface area contributed by atoms with E-state index >= 15 is 0 Å². The molecule has 0 radical (unpaired) electrons. The van der Waals surface area contributed by atoms with E-state index in [0.29, 0.717) is 15.9 Å². The third-order valence-electron chi connectivity index (χ3n) is 3.59. The minimum atomic E-state index is -0.435. The van der Waals surface area contributed by atoms with Crippen LogP contribution < -0.4 is 4.80 Å². The van der Waals surface area contributed by atoms with Gasteiger partial charge >= 0.3 is 0 Å². The average Bonchev–Trinajstić information content (AvgIpc) is 2.91. The van der Waals surface area contributed by atoms with Gasteiger partial charge in [-0.05, 0) is 30.0 Å². The molecule has 1 heterocycles. The molecule has 0 fully saturated rings. The van der Waals surface area contributed by atoms with Crippen molar-refractivity contribution in [1.29, 1.82) is 0 Å². The fourth-order valence-electron chi connectivity index (χ4n) is 2.37. The van der Waals surface area contributed by atoms with Gasteiger partial charge in [-0.1, -0.05) is 24.3 Å². The number of benzene rings is 2. The van der Waals surface area contributed by atoms with Crippen LogP contribution in [0.5, 0.6) is 0 Å². The molecule has 0 spiro atoms. The summed E-state index contributed by atoms with van der Waals surface area (Å²) < 4.78 is 2.55. The zero-order chi connectivity index (χ0) is 18.0. The Hall–Kier alpha value is -2.45. The van der Waals surface area contributed by atoms with Crippen molar-refractivity contribution in [3.05, 3.63) is 62.9 Å². The first-order valence-electron chi connectivity index (χ1n) is 7.55. The summed E-state index contributed by atoms with van der Waals surface area (Å²) in [5.41, 5.74) is 1.23. The molecule has 1 aromatic heterocycles. The van der Waals surface area contributed by atoms with Gasteiger partial charge in [0.2, 0.25) is 0 Å². The number of nitro benzene ring substituents is 1. The van der Waals surface area contributed by atoms with Crippen LogP contribution in [-0.4, -0.2) is 21.2 Å². The lowest BCUT2D eigenvalue weighted by atomic mass is 10.2. The maximum absolute atomic E-state index is 12.5. The van der Waals surface area contributed by atoms with Crippen LogP contribution in [0.15, 0.2) is 52.4 Å². The molecule has 0 saturated carbocycles. The van der Waals surface area contributed by atoms with E-state index in [1.165, 1.54) is 23.5 Å². The number of fused-ring (bicyclic) bond motifs is 1. The number of nitrogens with zero attached hydrogens (tertiary/aromatic N) is 3. The Balaban J connectivity index is 2.03. The molecule has 8 heteroatoms. The Kier molecular flexibility index (Phi) is 5.00. The third kappa shape index (κ3) is 3.64. The predicted octanol–water partition coefficient (Wildman–Crippen LogP) is 4.00. The van der Waals surface area contributed by atoms with Gasteiger partial charge in [-0.25, -0.2) is 0 Å².